The fourth-order valence-corrected chi connectivity index (χ4v) is 17.2. The molecule has 0 amide bonds. The summed E-state index contributed by atoms with van der Waals surface area (Å²) in [5, 5.41) is 10.00. The molecule has 4 heteroatoms. The number of benzene rings is 18. The van der Waals surface area contributed by atoms with Crippen molar-refractivity contribution in [3.05, 3.63) is 437 Å². The molecule has 18 aromatic carbocycles. The van der Waals surface area contributed by atoms with Crippen LogP contribution in [0, 0.1) is 0 Å². The van der Waals surface area contributed by atoms with Crippen LogP contribution in [0.4, 0.5) is 0 Å². The highest BCUT2D eigenvalue weighted by molar-refractivity contribution is 6.15. The van der Waals surface area contributed by atoms with Crippen molar-refractivity contribution in [2.45, 2.75) is 0 Å². The van der Waals surface area contributed by atoms with Gasteiger partial charge in [-0.1, -0.05) is 315 Å². The molecule has 4 heterocycles. The zero-order valence-corrected chi connectivity index (χ0v) is 61.4. The summed E-state index contributed by atoms with van der Waals surface area (Å²) >= 11 is 0. The molecular weight excluding hydrogens is 1350 g/mol. The monoisotopic (exact) mass is 1420 g/mol. The number of hydrogen-bond donors (Lipinski definition) is 0. The smallest absolute Gasteiger partial charge is 0.0541 e. The molecule has 0 saturated carbocycles. The molecule has 0 unspecified atom stereocenters. The summed E-state index contributed by atoms with van der Waals surface area (Å²) in [6, 6.07) is 159. The molecule has 0 spiro atoms. The largest absolute Gasteiger partial charge is 0.309 e. The van der Waals surface area contributed by atoms with Gasteiger partial charge in [-0.3, -0.25) is 0 Å². The van der Waals surface area contributed by atoms with E-state index in [2.05, 4.69) is 455 Å². The average molecular weight is 1430 g/mol. The van der Waals surface area contributed by atoms with E-state index >= 15 is 0 Å². The predicted molar refractivity (Wildman–Crippen MR) is 474 cm³/mol. The lowest BCUT2D eigenvalue weighted by atomic mass is 10.00. The number of para-hydroxylation sites is 4. The van der Waals surface area contributed by atoms with Crippen LogP contribution in [0.5, 0.6) is 0 Å². The summed E-state index contributed by atoms with van der Waals surface area (Å²) in [5.41, 5.74) is 33.7. The molecule has 0 aliphatic rings. The molecule has 0 radical (unpaired) electrons. The molecule has 4 nitrogen and oxygen atoms in total. The Labute approximate surface area is 649 Å². The van der Waals surface area contributed by atoms with E-state index in [1.54, 1.807) is 0 Å². The zero-order valence-electron chi connectivity index (χ0n) is 61.4. The maximum atomic E-state index is 2.41. The molecule has 0 bridgehead atoms. The third-order valence-corrected chi connectivity index (χ3v) is 22.7. The second-order valence-electron chi connectivity index (χ2n) is 29.2. The summed E-state index contributed by atoms with van der Waals surface area (Å²) in [6.07, 6.45) is 0. The topological polar surface area (TPSA) is 19.7 Å². The Kier molecular flexibility index (Phi) is 16.2. The van der Waals surface area contributed by atoms with Gasteiger partial charge in [0.15, 0.2) is 0 Å². The molecule has 0 atom stereocenters. The van der Waals surface area contributed by atoms with E-state index in [-0.39, 0.29) is 0 Å². The Bertz CT molecular complexity index is 7310. The van der Waals surface area contributed by atoms with Gasteiger partial charge in [-0.25, -0.2) is 0 Å². The van der Waals surface area contributed by atoms with Gasteiger partial charge in [0.2, 0.25) is 0 Å². The van der Waals surface area contributed by atoms with Crippen LogP contribution in [0.15, 0.2) is 437 Å². The quantitative estimate of drug-likeness (QED) is 0.116. The highest BCUT2D eigenvalue weighted by Crippen LogP contribution is 2.43. The lowest BCUT2D eigenvalue weighted by Gasteiger charge is -2.12. The summed E-state index contributed by atoms with van der Waals surface area (Å²) < 4.78 is 9.63. The van der Waals surface area contributed by atoms with Crippen molar-refractivity contribution in [2.75, 3.05) is 0 Å². The van der Waals surface area contributed by atoms with Crippen molar-refractivity contribution in [3.63, 3.8) is 0 Å². The minimum atomic E-state index is 1.15. The van der Waals surface area contributed by atoms with Gasteiger partial charge in [0.25, 0.3) is 0 Å². The molecule has 0 N–H and O–H groups in total. The number of aromatic nitrogens is 4. The summed E-state index contributed by atoms with van der Waals surface area (Å²) in [7, 11) is 0. The highest BCUT2D eigenvalue weighted by atomic mass is 15.0. The van der Waals surface area contributed by atoms with Crippen LogP contribution in [0.25, 0.3) is 199 Å². The van der Waals surface area contributed by atoms with Crippen molar-refractivity contribution in [3.8, 4) is 112 Å². The van der Waals surface area contributed by atoms with E-state index in [0.29, 0.717) is 0 Å². The van der Waals surface area contributed by atoms with Gasteiger partial charge in [0.1, 0.15) is 0 Å². The zero-order chi connectivity index (χ0) is 74.0. The van der Waals surface area contributed by atoms with Gasteiger partial charge in [0, 0.05) is 65.8 Å². The standard InChI is InChI=1S/2C54H36N2/c1-3-13-37(14-4-1)39-25-27-40(28-26-39)42-18-12-20-46(34-42)56-52-24-10-8-22-48(52)50-36-44(30-32-54(50)56)43-29-31-53-49(35-43)47-21-7-9-23-51(47)55(53)45-19-11-17-41(33-45)38-15-5-2-6-16-38;1-3-12-37(13-4-1)39-22-24-41(25-23-39)42-16-11-17-46(34-42)56-52-21-10-8-19-48(52)50-36-44(29-33-54(50)56)43-28-32-53-49(35-43)47-18-7-9-20-51(47)55(53)45-30-26-40(27-31-45)38-14-5-2-6-15-38/h2*1-36H. The van der Waals surface area contributed by atoms with Crippen LogP contribution in [-0.4, -0.2) is 18.3 Å². The van der Waals surface area contributed by atoms with E-state index in [0.717, 1.165) is 22.7 Å². The molecule has 22 aromatic rings. The number of nitrogens with zero attached hydrogens (tertiary/aromatic N) is 4. The molecule has 0 saturated heterocycles. The van der Waals surface area contributed by atoms with Gasteiger partial charge in [0.05, 0.1) is 44.1 Å². The third kappa shape index (κ3) is 11.6. The summed E-state index contributed by atoms with van der Waals surface area (Å²) in [4.78, 5) is 0. The molecule has 524 valence electrons. The minimum absolute atomic E-state index is 1.15. The van der Waals surface area contributed by atoms with E-state index in [1.807, 2.05) is 0 Å². The predicted octanol–water partition coefficient (Wildman–Crippen LogP) is 29.1. The Morgan fingerprint density at radius 1 is 0.0982 bits per heavy atom. The van der Waals surface area contributed by atoms with Crippen molar-refractivity contribution >= 4 is 87.2 Å². The van der Waals surface area contributed by atoms with E-state index in [4.69, 9.17) is 0 Å². The molecule has 0 aliphatic heterocycles. The van der Waals surface area contributed by atoms with Crippen molar-refractivity contribution < 1.29 is 0 Å². The molecule has 4 aromatic heterocycles. The second-order valence-corrected chi connectivity index (χ2v) is 29.2. The molecular formula is C108H72N4. The maximum Gasteiger partial charge on any atom is 0.0541 e. The van der Waals surface area contributed by atoms with Crippen LogP contribution < -0.4 is 0 Å². The van der Waals surface area contributed by atoms with Crippen LogP contribution >= 0.6 is 0 Å². The van der Waals surface area contributed by atoms with Crippen molar-refractivity contribution in [1.82, 2.24) is 18.3 Å². The minimum Gasteiger partial charge on any atom is -0.309 e. The van der Waals surface area contributed by atoms with Crippen molar-refractivity contribution in [2.24, 2.45) is 0 Å². The van der Waals surface area contributed by atoms with E-state index in [1.165, 1.54) is 176 Å². The molecule has 0 aliphatic carbocycles. The normalized spacial score (nSPS) is 11.6. The molecule has 112 heavy (non-hydrogen) atoms. The lowest BCUT2D eigenvalue weighted by Crippen LogP contribution is -1.94. The average Bonchev–Trinajstić information content (AvgIpc) is 1.59. The van der Waals surface area contributed by atoms with Crippen LogP contribution in [0.1, 0.15) is 0 Å². The summed E-state index contributed by atoms with van der Waals surface area (Å²) in [5.74, 6) is 0. The number of fused-ring (bicyclic) bond motifs is 12. The Morgan fingerprint density at radius 2 is 0.277 bits per heavy atom. The number of hydrogen-bond acceptors (Lipinski definition) is 0. The van der Waals surface area contributed by atoms with Crippen LogP contribution in [-0.2, 0) is 0 Å². The van der Waals surface area contributed by atoms with E-state index < -0.39 is 0 Å². The van der Waals surface area contributed by atoms with Crippen molar-refractivity contribution in [1.29, 1.82) is 0 Å². The molecule has 0 fully saturated rings. The van der Waals surface area contributed by atoms with Gasteiger partial charge in [-0.15, -0.1) is 0 Å². The van der Waals surface area contributed by atoms with Crippen LogP contribution in [0.2, 0.25) is 0 Å². The van der Waals surface area contributed by atoms with Crippen LogP contribution in [0.3, 0.4) is 0 Å². The highest BCUT2D eigenvalue weighted by Gasteiger charge is 2.21. The first-order chi connectivity index (χ1) is 55.5. The first-order valence-electron chi connectivity index (χ1n) is 38.5. The first-order valence-corrected chi connectivity index (χ1v) is 38.5. The molecule has 22 rings (SSSR count). The lowest BCUT2D eigenvalue weighted by molar-refractivity contribution is 1.18. The fraction of sp³-hybridized carbons (Fsp3) is 0. The van der Waals surface area contributed by atoms with Gasteiger partial charge < -0.3 is 18.3 Å². The van der Waals surface area contributed by atoms with E-state index in [9.17, 15) is 0 Å². The van der Waals surface area contributed by atoms with Gasteiger partial charge >= 0.3 is 0 Å². The number of rotatable bonds is 12. The Morgan fingerprint density at radius 3 is 0.554 bits per heavy atom. The Hall–Kier alpha value is -14.8. The Balaban J connectivity index is 0.000000141. The maximum absolute atomic E-state index is 2.41. The summed E-state index contributed by atoms with van der Waals surface area (Å²) in [6.45, 7) is 0. The third-order valence-electron chi connectivity index (χ3n) is 22.7. The van der Waals surface area contributed by atoms with Gasteiger partial charge in [-0.05, 0) is 210 Å². The first kappa shape index (κ1) is 65.5. The SMILES string of the molecule is c1ccc(-c2ccc(-c3cccc(-n4c5ccccc5c5cc(-c6ccc7c(c6)c6ccccc6n7-c6ccc(-c7ccccc7)cc6)ccc54)c3)cc2)cc1.c1ccc(-c2ccc(-c3cccc(-n4c5ccccc5c5cc(-c6ccc7c(c6)c6ccccc6n7-c6cccc(-c7ccccc7)c6)ccc54)c3)cc2)cc1. The second kappa shape index (κ2) is 27.7. The van der Waals surface area contributed by atoms with Gasteiger partial charge in [-0.2, -0.15) is 0 Å². The fourth-order valence-electron chi connectivity index (χ4n) is 17.2.